The van der Waals surface area contributed by atoms with Crippen molar-refractivity contribution in [2.75, 3.05) is 13.7 Å². The lowest BCUT2D eigenvalue weighted by Crippen LogP contribution is -3.18. The SMILES string of the molecule is CCC1OC(C)(O)C[NH+]2C1=C1C(=O)c3cc(=O)c4c(c(O)c3C1=CC2C)OC1OC(C)C(OC)C(O)C41O. The normalized spacial score (nSPS) is 41.0. The first kappa shape index (κ1) is 25.6. The molecule has 4 heterocycles. The van der Waals surface area contributed by atoms with E-state index in [9.17, 15) is 30.0 Å². The maximum atomic E-state index is 13.9. The number of Topliss-reactive ketones (excluding diaryl/α,β-unsaturated/α-hetero) is 1. The Labute approximate surface area is 218 Å². The molecule has 1 aliphatic carbocycles. The summed E-state index contributed by atoms with van der Waals surface area (Å²) >= 11 is 0. The summed E-state index contributed by atoms with van der Waals surface area (Å²) < 4.78 is 22.8. The molecular weight excluding hydrogens is 498 g/mol. The molecule has 2 fully saturated rings. The number of quaternary nitrogens is 1. The second kappa shape index (κ2) is 8.18. The van der Waals surface area contributed by atoms with Crippen LogP contribution in [0.15, 0.2) is 28.2 Å². The van der Waals surface area contributed by atoms with Crippen LogP contribution in [0.25, 0.3) is 5.57 Å². The van der Waals surface area contributed by atoms with Crippen LogP contribution >= 0.6 is 0 Å². The van der Waals surface area contributed by atoms with E-state index in [1.54, 1.807) is 13.8 Å². The van der Waals surface area contributed by atoms with E-state index in [0.717, 1.165) is 11.0 Å². The maximum absolute atomic E-state index is 13.9. The number of ketones is 1. The summed E-state index contributed by atoms with van der Waals surface area (Å²) in [5, 5.41) is 44.9. The van der Waals surface area contributed by atoms with E-state index in [0.29, 0.717) is 23.3 Å². The second-order valence-corrected chi connectivity index (χ2v) is 11.0. The van der Waals surface area contributed by atoms with Crippen LogP contribution < -0.4 is 15.1 Å². The van der Waals surface area contributed by atoms with E-state index < -0.39 is 64.6 Å². The van der Waals surface area contributed by atoms with E-state index in [1.165, 1.54) is 7.11 Å². The molecule has 2 saturated heterocycles. The molecule has 6 rings (SSSR count). The van der Waals surface area contributed by atoms with Crippen LogP contribution in [-0.4, -0.2) is 82.4 Å². The number of carbonyl (C=O) groups is 1. The number of ether oxygens (including phenoxy) is 4. The first-order valence-corrected chi connectivity index (χ1v) is 12.8. The molecule has 11 nitrogen and oxygen atoms in total. The zero-order valence-corrected chi connectivity index (χ0v) is 21.8. The van der Waals surface area contributed by atoms with E-state index in [4.69, 9.17) is 18.9 Å². The molecule has 1 aromatic rings. The molecule has 204 valence electrons. The van der Waals surface area contributed by atoms with Gasteiger partial charge in [0.2, 0.25) is 12.1 Å². The number of nitrogens with one attached hydrogen (secondary N) is 1. The Hall–Kier alpha value is -2.64. The minimum atomic E-state index is -2.33. The van der Waals surface area contributed by atoms with Gasteiger partial charge in [0.15, 0.2) is 28.3 Å². The van der Waals surface area contributed by atoms with Crippen LogP contribution in [0.1, 0.15) is 55.6 Å². The molecule has 0 saturated carbocycles. The van der Waals surface area contributed by atoms with Crippen molar-refractivity contribution in [3.8, 4) is 11.5 Å². The number of carbonyl (C=O) groups excluding carboxylic acids is 1. The number of aromatic hydroxyl groups is 1. The van der Waals surface area contributed by atoms with Gasteiger partial charge in [-0.05, 0) is 39.3 Å². The van der Waals surface area contributed by atoms with Crippen LogP contribution in [0.2, 0.25) is 0 Å². The number of fused-ring (bicyclic) bond motifs is 7. The van der Waals surface area contributed by atoms with Gasteiger partial charge in [0.25, 0.3) is 0 Å². The molecule has 0 radical (unpaired) electrons. The average molecular weight is 531 g/mol. The number of methoxy groups -OCH3 is 1. The molecule has 5 aliphatic rings. The van der Waals surface area contributed by atoms with Gasteiger partial charge < -0.3 is 39.4 Å². The van der Waals surface area contributed by atoms with Crippen LogP contribution in [0.4, 0.5) is 0 Å². The van der Waals surface area contributed by atoms with Gasteiger partial charge in [-0.25, -0.2) is 0 Å². The van der Waals surface area contributed by atoms with E-state index >= 15 is 0 Å². The third-order valence-electron chi connectivity index (χ3n) is 8.49. The molecule has 0 bridgehead atoms. The van der Waals surface area contributed by atoms with Gasteiger partial charge in [0.1, 0.15) is 36.6 Å². The Morgan fingerprint density at radius 1 is 1.24 bits per heavy atom. The number of rotatable bonds is 2. The molecule has 0 aromatic heterocycles. The zero-order valence-electron chi connectivity index (χ0n) is 21.8. The van der Waals surface area contributed by atoms with E-state index in [1.807, 2.05) is 19.9 Å². The maximum Gasteiger partial charge on any atom is 0.236 e. The van der Waals surface area contributed by atoms with Crippen molar-refractivity contribution in [3.63, 3.8) is 0 Å². The number of hydrogen-bond donors (Lipinski definition) is 5. The van der Waals surface area contributed by atoms with Crippen molar-refractivity contribution in [3.05, 3.63) is 50.3 Å². The fraction of sp³-hybridized carbons (Fsp3) is 0.556. The molecule has 0 spiro atoms. The largest absolute Gasteiger partial charge is 0.504 e. The van der Waals surface area contributed by atoms with Crippen molar-refractivity contribution < 1.29 is 49.1 Å². The summed E-state index contributed by atoms with van der Waals surface area (Å²) in [6.07, 6.45) is -2.98. The molecule has 11 heteroatoms. The highest BCUT2D eigenvalue weighted by Gasteiger charge is 2.63. The molecule has 9 atom stereocenters. The van der Waals surface area contributed by atoms with E-state index in [-0.39, 0.29) is 29.5 Å². The van der Waals surface area contributed by atoms with Gasteiger partial charge in [-0.2, -0.15) is 0 Å². The minimum absolute atomic E-state index is 0.0390. The Morgan fingerprint density at radius 2 is 1.95 bits per heavy atom. The first-order chi connectivity index (χ1) is 17.9. The van der Waals surface area contributed by atoms with Crippen LogP contribution in [-0.2, 0) is 19.8 Å². The molecular formula is C27H32NO10+. The highest BCUT2D eigenvalue weighted by molar-refractivity contribution is 6.28. The predicted octanol–water partition coefficient (Wildman–Crippen LogP) is -0.909. The fourth-order valence-electron chi connectivity index (χ4n) is 6.77. The highest BCUT2D eigenvalue weighted by Crippen LogP contribution is 2.54. The van der Waals surface area contributed by atoms with Crippen LogP contribution in [0, 0.1) is 0 Å². The van der Waals surface area contributed by atoms with Crippen LogP contribution in [0.5, 0.6) is 11.5 Å². The molecule has 4 aliphatic heterocycles. The summed E-state index contributed by atoms with van der Waals surface area (Å²) in [7, 11) is 1.34. The molecule has 5 N–H and O–H groups in total. The summed E-state index contributed by atoms with van der Waals surface area (Å²) in [5.41, 5.74) is -2.02. The number of morpholine rings is 1. The quantitative estimate of drug-likeness (QED) is 0.324. The number of aliphatic hydroxyl groups is 3. The molecule has 0 amide bonds. The van der Waals surface area contributed by atoms with Crippen molar-refractivity contribution in [1.82, 2.24) is 0 Å². The van der Waals surface area contributed by atoms with Gasteiger partial charge in [0, 0.05) is 23.8 Å². The minimum Gasteiger partial charge on any atom is -0.504 e. The molecule has 1 aromatic carbocycles. The third-order valence-corrected chi connectivity index (χ3v) is 8.49. The van der Waals surface area contributed by atoms with Gasteiger partial charge in [0.05, 0.1) is 17.2 Å². The summed E-state index contributed by atoms with van der Waals surface area (Å²) in [5.74, 6) is -2.70. The van der Waals surface area contributed by atoms with Crippen molar-refractivity contribution in [2.45, 2.75) is 82.3 Å². The lowest BCUT2D eigenvalue weighted by Gasteiger charge is -2.44. The Balaban J connectivity index is 1.58. The Morgan fingerprint density at radius 3 is 2.61 bits per heavy atom. The van der Waals surface area contributed by atoms with Crippen molar-refractivity contribution in [1.29, 1.82) is 0 Å². The van der Waals surface area contributed by atoms with Gasteiger partial charge in [-0.3, -0.25) is 14.5 Å². The zero-order chi connectivity index (χ0) is 27.5. The third kappa shape index (κ3) is 3.15. The number of aliphatic hydroxyl groups excluding tert-OH is 1. The van der Waals surface area contributed by atoms with Gasteiger partial charge in [-0.1, -0.05) is 6.92 Å². The number of hydrogen-bond acceptors (Lipinski definition) is 10. The fourth-order valence-corrected chi connectivity index (χ4v) is 6.77. The standard InChI is InChI=1S/C27H31NO10/c1-6-15-19-17-12(7-10(2)28(19)9-26(4,33)38-15)16-13(20(17)30)8-14(29)18-23(21(16)31)37-25-27(18,34)24(32)22(35-5)11(3)36-25/h7-8,10-11,15,22,24-25,31-34H,6,9H2,1-5H3/p+1. The lowest BCUT2D eigenvalue weighted by atomic mass is 9.82. The highest BCUT2D eigenvalue weighted by atomic mass is 16.7. The molecule has 38 heavy (non-hydrogen) atoms. The predicted molar refractivity (Wildman–Crippen MR) is 130 cm³/mol. The first-order valence-electron chi connectivity index (χ1n) is 12.8. The molecule has 9 unspecified atom stereocenters. The van der Waals surface area contributed by atoms with Crippen LogP contribution in [0.3, 0.4) is 0 Å². The summed E-state index contributed by atoms with van der Waals surface area (Å²) in [6.45, 7) is 7.26. The van der Waals surface area contributed by atoms with Crippen molar-refractivity contribution >= 4 is 11.4 Å². The summed E-state index contributed by atoms with van der Waals surface area (Å²) in [6, 6.07) is 0.877. The average Bonchev–Trinajstić information content (AvgIpc) is 3.25. The smallest absolute Gasteiger partial charge is 0.236 e. The number of allylic oxidation sites excluding steroid dienone is 2. The second-order valence-electron chi connectivity index (χ2n) is 11.0. The monoisotopic (exact) mass is 530 g/mol. The van der Waals surface area contributed by atoms with Gasteiger partial charge in [-0.15, -0.1) is 0 Å². The Kier molecular flexibility index (Phi) is 5.52. The van der Waals surface area contributed by atoms with E-state index in [2.05, 4.69) is 0 Å². The Bertz CT molecular complexity index is 1380. The van der Waals surface area contributed by atoms with Crippen molar-refractivity contribution in [2.24, 2.45) is 0 Å². The topological polar surface area (TPSA) is 156 Å². The van der Waals surface area contributed by atoms with Gasteiger partial charge >= 0.3 is 0 Å². The summed E-state index contributed by atoms with van der Waals surface area (Å²) in [4.78, 5) is 28.4. The lowest BCUT2D eigenvalue weighted by molar-refractivity contribution is -0.903.